The average Bonchev–Trinajstić information content (AvgIpc) is 3.14. The van der Waals surface area contributed by atoms with E-state index in [4.69, 9.17) is 9.26 Å². The van der Waals surface area contributed by atoms with E-state index in [1.807, 2.05) is 24.3 Å². The Hall–Kier alpha value is -1.59. The number of hydrogen-bond donors (Lipinski definition) is 1. The molecule has 2 aliphatic heterocycles. The van der Waals surface area contributed by atoms with E-state index in [0.717, 1.165) is 23.6 Å². The second kappa shape index (κ2) is 6.89. The molecule has 0 saturated carbocycles. The minimum absolute atomic E-state index is 0. The molecule has 2 atom stereocenters. The predicted molar refractivity (Wildman–Crippen MR) is 89.9 cm³/mol. The number of nitrogens with one attached hydrogen (secondary N) is 1. The molecule has 2 fully saturated rings. The van der Waals surface area contributed by atoms with Crippen molar-refractivity contribution >= 4 is 12.4 Å². The third-order valence-electron chi connectivity index (χ3n) is 4.83. The molecule has 0 aliphatic carbocycles. The molecule has 2 unspecified atom stereocenters. The molecule has 124 valence electrons. The van der Waals surface area contributed by atoms with Gasteiger partial charge in [-0.2, -0.15) is 4.98 Å². The van der Waals surface area contributed by atoms with Crippen molar-refractivity contribution in [1.82, 2.24) is 15.5 Å². The number of ether oxygens (including phenoxy) is 1. The van der Waals surface area contributed by atoms with Gasteiger partial charge in [-0.3, -0.25) is 0 Å². The molecule has 1 N–H and O–H groups in total. The van der Waals surface area contributed by atoms with Crippen LogP contribution in [0.15, 0.2) is 28.8 Å². The number of halogens is 1. The van der Waals surface area contributed by atoms with E-state index >= 15 is 0 Å². The summed E-state index contributed by atoms with van der Waals surface area (Å²) in [5.41, 5.74) is 0.930. The minimum atomic E-state index is 0. The summed E-state index contributed by atoms with van der Waals surface area (Å²) >= 11 is 0. The highest BCUT2D eigenvalue weighted by atomic mass is 35.5. The van der Waals surface area contributed by atoms with Gasteiger partial charge in [0.1, 0.15) is 5.75 Å². The van der Waals surface area contributed by atoms with Crippen LogP contribution >= 0.6 is 12.4 Å². The molecule has 0 spiro atoms. The first-order chi connectivity index (χ1) is 10.8. The lowest BCUT2D eigenvalue weighted by atomic mass is 9.90. The van der Waals surface area contributed by atoms with Crippen LogP contribution in [-0.2, 0) is 6.42 Å². The van der Waals surface area contributed by atoms with Gasteiger partial charge < -0.3 is 14.6 Å². The molecule has 2 aliphatic rings. The fourth-order valence-electron chi connectivity index (χ4n) is 3.81. The topological polar surface area (TPSA) is 60.2 Å². The Bertz CT molecular complexity index is 649. The van der Waals surface area contributed by atoms with Crippen LogP contribution in [0.2, 0.25) is 0 Å². The number of fused-ring (bicyclic) bond motifs is 2. The lowest BCUT2D eigenvalue weighted by Crippen LogP contribution is -2.38. The Balaban J connectivity index is 0.00000156. The van der Waals surface area contributed by atoms with Gasteiger partial charge in [0, 0.05) is 24.1 Å². The molecule has 5 nitrogen and oxygen atoms in total. The Morgan fingerprint density at radius 3 is 2.78 bits per heavy atom. The van der Waals surface area contributed by atoms with E-state index in [1.165, 1.54) is 25.7 Å². The van der Waals surface area contributed by atoms with E-state index in [9.17, 15) is 0 Å². The zero-order valence-corrected chi connectivity index (χ0v) is 14.0. The first-order valence-corrected chi connectivity index (χ1v) is 8.03. The smallest absolute Gasteiger partial charge is 0.227 e. The van der Waals surface area contributed by atoms with E-state index in [1.54, 1.807) is 7.11 Å². The molecule has 2 bridgehead atoms. The summed E-state index contributed by atoms with van der Waals surface area (Å²) in [7, 11) is 1.66. The van der Waals surface area contributed by atoms with Crippen molar-refractivity contribution in [3.05, 3.63) is 30.2 Å². The summed E-state index contributed by atoms with van der Waals surface area (Å²) in [6, 6.07) is 9.15. The number of aromatic nitrogens is 2. The van der Waals surface area contributed by atoms with Crippen LogP contribution < -0.4 is 10.1 Å². The minimum Gasteiger partial charge on any atom is -0.497 e. The Morgan fingerprint density at radius 2 is 2.04 bits per heavy atom. The lowest BCUT2D eigenvalue weighted by molar-refractivity contribution is 0.270. The van der Waals surface area contributed by atoms with Gasteiger partial charge in [-0.1, -0.05) is 17.3 Å². The maximum absolute atomic E-state index is 5.46. The molecule has 2 saturated heterocycles. The highest BCUT2D eigenvalue weighted by molar-refractivity contribution is 5.85. The molecule has 23 heavy (non-hydrogen) atoms. The van der Waals surface area contributed by atoms with Gasteiger partial charge >= 0.3 is 0 Å². The number of hydrogen-bond acceptors (Lipinski definition) is 5. The van der Waals surface area contributed by atoms with Gasteiger partial charge in [-0.25, -0.2) is 0 Å². The van der Waals surface area contributed by atoms with Crippen molar-refractivity contribution in [3.8, 4) is 17.1 Å². The Labute approximate surface area is 142 Å². The van der Waals surface area contributed by atoms with Crippen LogP contribution in [0, 0.1) is 5.92 Å². The summed E-state index contributed by atoms with van der Waals surface area (Å²) in [5.74, 6) is 2.87. The van der Waals surface area contributed by atoms with Crippen LogP contribution in [0.3, 0.4) is 0 Å². The highest BCUT2D eigenvalue weighted by Crippen LogP contribution is 2.33. The first kappa shape index (κ1) is 16.3. The molecule has 3 heterocycles. The molecule has 0 radical (unpaired) electrons. The van der Waals surface area contributed by atoms with Gasteiger partial charge in [-0.05, 0) is 43.7 Å². The van der Waals surface area contributed by atoms with Gasteiger partial charge in [0.2, 0.25) is 11.7 Å². The fourth-order valence-corrected chi connectivity index (χ4v) is 3.81. The molecule has 0 amide bonds. The largest absolute Gasteiger partial charge is 0.497 e. The molecule has 1 aromatic heterocycles. The summed E-state index contributed by atoms with van der Waals surface area (Å²) in [5, 5.41) is 7.79. The molecule has 6 heteroatoms. The van der Waals surface area contributed by atoms with E-state index < -0.39 is 0 Å². The van der Waals surface area contributed by atoms with E-state index in [2.05, 4.69) is 15.5 Å². The summed E-state index contributed by atoms with van der Waals surface area (Å²) < 4.78 is 10.7. The second-order valence-corrected chi connectivity index (χ2v) is 6.42. The van der Waals surface area contributed by atoms with Gasteiger partial charge in [-0.15, -0.1) is 12.4 Å². The van der Waals surface area contributed by atoms with Crippen molar-refractivity contribution in [3.63, 3.8) is 0 Å². The van der Waals surface area contributed by atoms with Crippen LogP contribution in [0.4, 0.5) is 0 Å². The van der Waals surface area contributed by atoms with Gasteiger partial charge in [0.25, 0.3) is 0 Å². The van der Waals surface area contributed by atoms with Crippen molar-refractivity contribution in [2.24, 2.45) is 5.92 Å². The third-order valence-corrected chi connectivity index (χ3v) is 4.83. The predicted octanol–water partition coefficient (Wildman–Crippen LogP) is 3.24. The average molecular weight is 336 g/mol. The normalized spacial score (nSPS) is 25.9. The standard InChI is InChI=1S/C17H21N3O2.ClH/c1-21-15-4-2-3-12(10-15)17-19-16(22-20-17)9-11-7-13-5-6-14(8-11)18-13;/h2-4,10-11,13-14,18H,5-9H2,1H3;1H. The lowest BCUT2D eigenvalue weighted by Gasteiger charge is -2.27. The third kappa shape index (κ3) is 3.51. The zero-order valence-electron chi connectivity index (χ0n) is 13.2. The monoisotopic (exact) mass is 335 g/mol. The van der Waals surface area contributed by atoms with Crippen molar-refractivity contribution in [1.29, 1.82) is 0 Å². The SMILES string of the molecule is COc1cccc(-c2noc(CC3CC4CCC(C3)N4)n2)c1.Cl. The van der Waals surface area contributed by atoms with Crippen LogP contribution in [0.5, 0.6) is 5.75 Å². The van der Waals surface area contributed by atoms with Gasteiger partial charge in [0.05, 0.1) is 7.11 Å². The fraction of sp³-hybridized carbons (Fsp3) is 0.529. The number of benzene rings is 1. The number of piperidine rings is 1. The van der Waals surface area contributed by atoms with E-state index in [-0.39, 0.29) is 12.4 Å². The van der Waals surface area contributed by atoms with Crippen LogP contribution in [0.1, 0.15) is 31.6 Å². The Kier molecular flexibility index (Phi) is 4.87. The molecule has 4 rings (SSSR count). The molecular formula is C17H22ClN3O2. The number of nitrogens with zero attached hydrogens (tertiary/aromatic N) is 2. The summed E-state index contributed by atoms with van der Waals surface area (Å²) in [6.07, 6.45) is 5.99. The van der Waals surface area contributed by atoms with Crippen molar-refractivity contribution in [2.45, 2.75) is 44.2 Å². The van der Waals surface area contributed by atoms with Crippen LogP contribution in [0.25, 0.3) is 11.4 Å². The highest BCUT2D eigenvalue weighted by Gasteiger charge is 2.34. The second-order valence-electron chi connectivity index (χ2n) is 6.42. The first-order valence-electron chi connectivity index (χ1n) is 8.03. The Morgan fingerprint density at radius 1 is 1.26 bits per heavy atom. The zero-order chi connectivity index (χ0) is 14.9. The number of methoxy groups -OCH3 is 1. The molecular weight excluding hydrogens is 314 g/mol. The molecule has 2 aromatic rings. The maximum Gasteiger partial charge on any atom is 0.227 e. The molecule has 1 aromatic carbocycles. The van der Waals surface area contributed by atoms with Crippen molar-refractivity contribution < 1.29 is 9.26 Å². The maximum atomic E-state index is 5.46. The summed E-state index contributed by atoms with van der Waals surface area (Å²) in [4.78, 5) is 4.57. The summed E-state index contributed by atoms with van der Waals surface area (Å²) in [6.45, 7) is 0. The van der Waals surface area contributed by atoms with E-state index in [0.29, 0.717) is 23.8 Å². The van der Waals surface area contributed by atoms with Gasteiger partial charge in [0.15, 0.2) is 0 Å². The van der Waals surface area contributed by atoms with Crippen molar-refractivity contribution in [2.75, 3.05) is 7.11 Å². The van der Waals surface area contributed by atoms with Crippen LogP contribution in [-0.4, -0.2) is 29.3 Å². The quantitative estimate of drug-likeness (QED) is 0.929. The number of rotatable bonds is 4.